The van der Waals surface area contributed by atoms with Gasteiger partial charge in [0, 0.05) is 12.0 Å². The molecule has 0 aliphatic carbocycles. The van der Waals surface area contributed by atoms with Gasteiger partial charge in [0.05, 0.1) is 5.56 Å². The maximum absolute atomic E-state index is 13.4. The van der Waals surface area contributed by atoms with Gasteiger partial charge in [-0.2, -0.15) is 5.26 Å². The highest BCUT2D eigenvalue weighted by molar-refractivity contribution is 6.33. The fourth-order valence-electron chi connectivity index (χ4n) is 1.07. The van der Waals surface area contributed by atoms with Crippen molar-refractivity contribution < 1.29 is 8.78 Å². The molecular weight excluding hydrogens is 245 g/mol. The molecule has 1 aromatic heterocycles. The second kappa shape index (κ2) is 4.30. The standard InChI is InChI=1S/C9H6Cl2F2N2/c1-2-9(12,13)6-3-7(10)15-8(11)5(6)4-14/h3H,2H2,1H3. The van der Waals surface area contributed by atoms with E-state index in [1.807, 2.05) is 0 Å². The average molecular weight is 251 g/mol. The lowest BCUT2D eigenvalue weighted by Gasteiger charge is -2.16. The minimum absolute atomic E-state index is 0.151. The van der Waals surface area contributed by atoms with Crippen LogP contribution in [0.4, 0.5) is 8.78 Å². The number of hydrogen-bond acceptors (Lipinski definition) is 2. The number of nitriles is 1. The first-order valence-corrected chi connectivity index (χ1v) is 4.82. The van der Waals surface area contributed by atoms with E-state index in [-0.39, 0.29) is 15.9 Å². The van der Waals surface area contributed by atoms with Gasteiger partial charge < -0.3 is 0 Å². The number of aromatic nitrogens is 1. The minimum Gasteiger partial charge on any atom is -0.223 e. The summed E-state index contributed by atoms with van der Waals surface area (Å²) in [6.45, 7) is 1.31. The van der Waals surface area contributed by atoms with Gasteiger partial charge in [-0.3, -0.25) is 0 Å². The fraction of sp³-hybridized carbons (Fsp3) is 0.333. The number of hydrogen-bond donors (Lipinski definition) is 0. The Morgan fingerprint density at radius 1 is 1.53 bits per heavy atom. The number of alkyl halides is 2. The van der Waals surface area contributed by atoms with Crippen LogP contribution in [0.1, 0.15) is 24.5 Å². The van der Waals surface area contributed by atoms with Gasteiger partial charge in [-0.05, 0) is 6.07 Å². The van der Waals surface area contributed by atoms with E-state index >= 15 is 0 Å². The average Bonchev–Trinajstić information content (AvgIpc) is 2.16. The third kappa shape index (κ3) is 2.36. The van der Waals surface area contributed by atoms with Gasteiger partial charge in [0.1, 0.15) is 16.4 Å². The number of nitrogens with zero attached hydrogens (tertiary/aromatic N) is 2. The van der Waals surface area contributed by atoms with Crippen molar-refractivity contribution in [2.24, 2.45) is 0 Å². The number of rotatable bonds is 2. The molecule has 6 heteroatoms. The van der Waals surface area contributed by atoms with E-state index in [9.17, 15) is 8.78 Å². The van der Waals surface area contributed by atoms with E-state index in [2.05, 4.69) is 4.98 Å². The zero-order valence-corrected chi connectivity index (χ0v) is 9.20. The molecule has 0 bridgehead atoms. The van der Waals surface area contributed by atoms with Gasteiger partial charge in [-0.15, -0.1) is 0 Å². The van der Waals surface area contributed by atoms with Crippen LogP contribution in [0, 0.1) is 11.3 Å². The summed E-state index contributed by atoms with van der Waals surface area (Å²) in [5.74, 6) is -3.12. The summed E-state index contributed by atoms with van der Waals surface area (Å²) < 4.78 is 26.8. The highest BCUT2D eigenvalue weighted by Crippen LogP contribution is 2.36. The van der Waals surface area contributed by atoms with E-state index in [0.717, 1.165) is 6.07 Å². The van der Waals surface area contributed by atoms with Crippen LogP contribution in [-0.4, -0.2) is 4.98 Å². The summed E-state index contributed by atoms with van der Waals surface area (Å²) in [4.78, 5) is 3.53. The smallest absolute Gasteiger partial charge is 0.223 e. The lowest BCUT2D eigenvalue weighted by Crippen LogP contribution is -2.14. The zero-order chi connectivity index (χ0) is 11.6. The fourth-order valence-corrected chi connectivity index (χ4v) is 1.54. The molecule has 0 unspecified atom stereocenters. The number of halogens is 4. The first-order valence-electron chi connectivity index (χ1n) is 4.06. The maximum Gasteiger partial charge on any atom is 0.274 e. The predicted octanol–water partition coefficient (Wildman–Crippen LogP) is 3.76. The third-order valence-electron chi connectivity index (χ3n) is 1.89. The Kier molecular flexibility index (Phi) is 3.48. The van der Waals surface area contributed by atoms with E-state index in [1.54, 1.807) is 6.07 Å². The van der Waals surface area contributed by atoms with Gasteiger partial charge in [-0.1, -0.05) is 30.1 Å². The normalized spacial score (nSPS) is 11.2. The van der Waals surface area contributed by atoms with E-state index < -0.39 is 17.9 Å². The highest BCUT2D eigenvalue weighted by atomic mass is 35.5. The van der Waals surface area contributed by atoms with Crippen molar-refractivity contribution in [3.63, 3.8) is 0 Å². The summed E-state index contributed by atoms with van der Waals surface area (Å²) in [5.41, 5.74) is -0.801. The maximum atomic E-state index is 13.4. The van der Waals surface area contributed by atoms with Crippen LogP contribution >= 0.6 is 23.2 Å². The van der Waals surface area contributed by atoms with Crippen LogP contribution in [0.3, 0.4) is 0 Å². The number of pyridine rings is 1. The lowest BCUT2D eigenvalue weighted by atomic mass is 10.0. The highest BCUT2D eigenvalue weighted by Gasteiger charge is 2.33. The third-order valence-corrected chi connectivity index (χ3v) is 2.36. The monoisotopic (exact) mass is 250 g/mol. The molecule has 0 aliphatic heterocycles. The van der Waals surface area contributed by atoms with Crippen molar-refractivity contribution in [3.05, 3.63) is 27.5 Å². The first kappa shape index (κ1) is 12.2. The molecule has 0 amide bonds. The molecule has 0 N–H and O–H groups in total. The summed E-state index contributed by atoms with van der Waals surface area (Å²) in [7, 11) is 0. The molecule has 80 valence electrons. The van der Waals surface area contributed by atoms with Crippen molar-refractivity contribution >= 4 is 23.2 Å². The molecule has 0 aliphatic rings. The topological polar surface area (TPSA) is 36.7 Å². The molecule has 1 aromatic rings. The molecule has 0 saturated heterocycles. The molecule has 2 nitrogen and oxygen atoms in total. The van der Waals surface area contributed by atoms with Crippen LogP contribution < -0.4 is 0 Å². The summed E-state index contributed by atoms with van der Waals surface area (Å²) in [6, 6.07) is 2.57. The van der Waals surface area contributed by atoms with E-state index in [0.29, 0.717) is 0 Å². The predicted molar refractivity (Wildman–Crippen MR) is 53.2 cm³/mol. The second-order valence-electron chi connectivity index (χ2n) is 2.83. The van der Waals surface area contributed by atoms with Crippen molar-refractivity contribution in [3.8, 4) is 6.07 Å². The summed E-state index contributed by atoms with van der Waals surface area (Å²) in [6.07, 6.45) is -0.432. The summed E-state index contributed by atoms with van der Waals surface area (Å²) >= 11 is 11.1. The molecule has 1 rings (SSSR count). The van der Waals surface area contributed by atoms with E-state index in [4.69, 9.17) is 28.5 Å². The van der Waals surface area contributed by atoms with Gasteiger partial charge in [-0.25, -0.2) is 13.8 Å². The van der Waals surface area contributed by atoms with E-state index in [1.165, 1.54) is 6.92 Å². The van der Waals surface area contributed by atoms with Crippen LogP contribution in [0.2, 0.25) is 10.3 Å². The van der Waals surface area contributed by atoms with Crippen molar-refractivity contribution in [1.29, 1.82) is 5.26 Å². The zero-order valence-electron chi connectivity index (χ0n) is 7.69. The SMILES string of the molecule is CCC(F)(F)c1cc(Cl)nc(Cl)c1C#N. The Morgan fingerprint density at radius 2 is 2.13 bits per heavy atom. The molecule has 1 heterocycles. The summed E-state index contributed by atoms with van der Waals surface area (Å²) in [5, 5.41) is 8.25. The Balaban J connectivity index is 3.47. The Bertz CT molecular complexity index is 427. The molecule has 0 spiro atoms. The molecule has 15 heavy (non-hydrogen) atoms. The van der Waals surface area contributed by atoms with Crippen molar-refractivity contribution in [2.45, 2.75) is 19.3 Å². The Morgan fingerprint density at radius 3 is 2.60 bits per heavy atom. The van der Waals surface area contributed by atoms with Gasteiger partial charge in [0.25, 0.3) is 5.92 Å². The molecular formula is C9H6Cl2F2N2. The van der Waals surface area contributed by atoms with Crippen LogP contribution in [-0.2, 0) is 5.92 Å². The molecule has 0 radical (unpaired) electrons. The molecule has 0 saturated carbocycles. The molecule has 0 atom stereocenters. The van der Waals surface area contributed by atoms with Crippen LogP contribution in [0.25, 0.3) is 0 Å². The Labute approximate surface area is 95.4 Å². The van der Waals surface area contributed by atoms with Crippen molar-refractivity contribution in [1.82, 2.24) is 4.98 Å². The van der Waals surface area contributed by atoms with Gasteiger partial charge >= 0.3 is 0 Å². The molecule has 0 fully saturated rings. The van der Waals surface area contributed by atoms with Crippen LogP contribution in [0.5, 0.6) is 0 Å². The molecule has 0 aromatic carbocycles. The quantitative estimate of drug-likeness (QED) is 0.750. The largest absolute Gasteiger partial charge is 0.274 e. The van der Waals surface area contributed by atoms with Crippen LogP contribution in [0.15, 0.2) is 6.07 Å². The van der Waals surface area contributed by atoms with Gasteiger partial charge in [0.2, 0.25) is 0 Å². The first-order chi connectivity index (χ1) is 6.92. The second-order valence-corrected chi connectivity index (χ2v) is 3.57. The lowest BCUT2D eigenvalue weighted by molar-refractivity contribution is -0.00861. The van der Waals surface area contributed by atoms with Crippen molar-refractivity contribution in [2.75, 3.05) is 0 Å². The minimum atomic E-state index is -3.12. The van der Waals surface area contributed by atoms with Gasteiger partial charge in [0.15, 0.2) is 0 Å². The Hall–Kier alpha value is -0.920.